The molecule has 0 saturated carbocycles. The second-order valence-corrected chi connectivity index (χ2v) is 6.05. The largest absolute Gasteiger partial charge is 0.369 e. The van der Waals surface area contributed by atoms with E-state index in [1.807, 2.05) is 26.2 Å². The van der Waals surface area contributed by atoms with Crippen LogP contribution in [0.4, 0.5) is 10.2 Å². The first kappa shape index (κ1) is 16.9. The first-order valence-corrected chi connectivity index (χ1v) is 7.93. The lowest BCUT2D eigenvalue weighted by Gasteiger charge is -2.14. The van der Waals surface area contributed by atoms with Crippen molar-refractivity contribution < 1.29 is 9.18 Å². The number of nitrogens with one attached hydrogen (secondary N) is 2. The van der Waals surface area contributed by atoms with Gasteiger partial charge in [-0.1, -0.05) is 12.1 Å². The number of benzene rings is 1. The van der Waals surface area contributed by atoms with E-state index in [0.717, 1.165) is 11.9 Å². The molecule has 2 heterocycles. The number of halogens is 1. The van der Waals surface area contributed by atoms with Gasteiger partial charge >= 0.3 is 0 Å². The molecule has 7 heteroatoms. The number of likely N-dealkylation sites (N-methyl/N-ethyl adjacent to an activating group) is 1. The Morgan fingerprint density at radius 3 is 2.84 bits per heavy atom. The quantitative estimate of drug-likeness (QED) is 0.643. The van der Waals surface area contributed by atoms with Crippen LogP contribution in [0.15, 0.2) is 36.5 Å². The molecule has 1 aromatic carbocycles. The van der Waals surface area contributed by atoms with E-state index in [0.29, 0.717) is 29.1 Å². The van der Waals surface area contributed by atoms with Crippen molar-refractivity contribution in [2.75, 3.05) is 32.5 Å². The molecule has 0 spiro atoms. The zero-order chi connectivity index (χ0) is 18.0. The zero-order valence-electron chi connectivity index (χ0n) is 14.1. The number of H-pyrrole nitrogens is 1. The predicted octanol–water partition coefficient (Wildman–Crippen LogP) is 2.44. The highest BCUT2D eigenvalue weighted by atomic mass is 19.1. The maximum Gasteiger partial charge on any atom is 0.252 e. The fourth-order valence-electron chi connectivity index (χ4n) is 2.76. The maximum absolute atomic E-state index is 14.2. The van der Waals surface area contributed by atoms with Crippen molar-refractivity contribution in [1.29, 1.82) is 0 Å². The van der Waals surface area contributed by atoms with Gasteiger partial charge in [-0.2, -0.15) is 0 Å². The minimum atomic E-state index is -0.796. The van der Waals surface area contributed by atoms with Crippen LogP contribution in [-0.4, -0.2) is 48.0 Å². The average molecular weight is 341 g/mol. The molecule has 4 N–H and O–H groups in total. The molecule has 3 aromatic rings. The Morgan fingerprint density at radius 2 is 2.12 bits per heavy atom. The van der Waals surface area contributed by atoms with Gasteiger partial charge in [-0.15, -0.1) is 0 Å². The Balaban J connectivity index is 2.11. The molecule has 0 aliphatic heterocycles. The number of pyridine rings is 1. The number of carbonyl (C=O) groups is 1. The van der Waals surface area contributed by atoms with Crippen molar-refractivity contribution in [3.63, 3.8) is 0 Å². The normalized spacial score (nSPS) is 11.2. The number of anilines is 1. The number of rotatable bonds is 6. The Kier molecular flexibility index (Phi) is 4.67. The lowest BCUT2D eigenvalue weighted by atomic mass is 9.97. The van der Waals surface area contributed by atoms with E-state index in [4.69, 9.17) is 5.73 Å². The van der Waals surface area contributed by atoms with Crippen LogP contribution in [0.1, 0.15) is 10.4 Å². The van der Waals surface area contributed by atoms with Crippen LogP contribution in [0.2, 0.25) is 0 Å². The monoisotopic (exact) mass is 341 g/mol. The first-order chi connectivity index (χ1) is 12.0. The van der Waals surface area contributed by atoms with Crippen molar-refractivity contribution >= 4 is 22.8 Å². The number of primary amides is 1. The summed E-state index contributed by atoms with van der Waals surface area (Å²) in [6.07, 6.45) is 1.76. The van der Waals surface area contributed by atoms with Crippen molar-refractivity contribution in [3.8, 4) is 11.1 Å². The van der Waals surface area contributed by atoms with E-state index in [2.05, 4.69) is 20.2 Å². The lowest BCUT2D eigenvalue weighted by molar-refractivity contribution is 0.0997. The Hall–Kier alpha value is -2.93. The highest BCUT2D eigenvalue weighted by Crippen LogP contribution is 2.33. The molecule has 0 aliphatic rings. The summed E-state index contributed by atoms with van der Waals surface area (Å²) < 4.78 is 14.2. The van der Waals surface area contributed by atoms with Gasteiger partial charge in [0.25, 0.3) is 5.91 Å². The van der Waals surface area contributed by atoms with Gasteiger partial charge in [0, 0.05) is 24.7 Å². The summed E-state index contributed by atoms with van der Waals surface area (Å²) in [5.74, 6) is -0.783. The van der Waals surface area contributed by atoms with Gasteiger partial charge in [0.05, 0.1) is 5.56 Å². The second kappa shape index (κ2) is 6.90. The number of amides is 1. The predicted molar refractivity (Wildman–Crippen MR) is 97.0 cm³/mol. The number of aromatic nitrogens is 2. The Bertz CT molecular complexity index is 919. The van der Waals surface area contributed by atoms with Crippen LogP contribution in [0.5, 0.6) is 0 Å². The zero-order valence-corrected chi connectivity index (χ0v) is 14.1. The topological polar surface area (TPSA) is 87.0 Å². The summed E-state index contributed by atoms with van der Waals surface area (Å²) in [4.78, 5) is 21.4. The Morgan fingerprint density at radius 1 is 1.32 bits per heavy atom. The van der Waals surface area contributed by atoms with Gasteiger partial charge in [0.1, 0.15) is 17.3 Å². The molecule has 2 aromatic heterocycles. The highest BCUT2D eigenvalue weighted by Gasteiger charge is 2.18. The number of nitrogens with zero attached hydrogens (tertiary/aromatic N) is 2. The highest BCUT2D eigenvalue weighted by molar-refractivity contribution is 6.05. The summed E-state index contributed by atoms with van der Waals surface area (Å²) in [7, 11) is 3.97. The summed E-state index contributed by atoms with van der Waals surface area (Å²) >= 11 is 0. The van der Waals surface area contributed by atoms with Gasteiger partial charge in [-0.3, -0.25) is 4.79 Å². The standard InChI is InChI=1S/C18H20FN5O/c1-24(2)9-8-21-15-10-13(12-6-7-22-18(12)23-15)11-4-3-5-14(19)16(11)17(20)25/h3-7,10H,8-9H2,1-2H3,(H2,20,25)(H2,21,22,23). The van der Waals surface area contributed by atoms with Crippen LogP contribution in [0.25, 0.3) is 22.2 Å². The third-order valence-electron chi connectivity index (χ3n) is 3.94. The van der Waals surface area contributed by atoms with Crippen LogP contribution in [0, 0.1) is 5.82 Å². The molecule has 1 amide bonds. The molecule has 3 rings (SSSR count). The van der Waals surface area contributed by atoms with Gasteiger partial charge in [-0.05, 0) is 43.4 Å². The van der Waals surface area contributed by atoms with Crippen LogP contribution < -0.4 is 11.1 Å². The number of aromatic amines is 1. The fraction of sp³-hybridized carbons (Fsp3) is 0.222. The molecule has 0 radical (unpaired) electrons. The molecule has 0 aliphatic carbocycles. The van der Waals surface area contributed by atoms with Crippen molar-refractivity contribution in [2.45, 2.75) is 0 Å². The minimum absolute atomic E-state index is 0.115. The van der Waals surface area contributed by atoms with E-state index >= 15 is 0 Å². The molecule has 0 saturated heterocycles. The molecule has 0 fully saturated rings. The van der Waals surface area contributed by atoms with Crippen LogP contribution >= 0.6 is 0 Å². The summed E-state index contributed by atoms with van der Waals surface area (Å²) in [5.41, 5.74) is 7.10. The van der Waals surface area contributed by atoms with E-state index < -0.39 is 11.7 Å². The van der Waals surface area contributed by atoms with E-state index in [1.54, 1.807) is 18.3 Å². The Labute approximate surface area is 144 Å². The van der Waals surface area contributed by atoms with Gasteiger partial charge < -0.3 is 20.9 Å². The smallest absolute Gasteiger partial charge is 0.252 e. The summed E-state index contributed by atoms with van der Waals surface area (Å²) in [6, 6.07) is 8.14. The van der Waals surface area contributed by atoms with Crippen molar-refractivity contribution in [1.82, 2.24) is 14.9 Å². The number of fused-ring (bicyclic) bond motifs is 1. The van der Waals surface area contributed by atoms with Crippen molar-refractivity contribution in [2.24, 2.45) is 5.73 Å². The second-order valence-electron chi connectivity index (χ2n) is 6.05. The molecule has 0 unspecified atom stereocenters. The minimum Gasteiger partial charge on any atom is -0.369 e. The molecule has 0 bridgehead atoms. The average Bonchev–Trinajstić information content (AvgIpc) is 3.01. The molecule has 25 heavy (non-hydrogen) atoms. The van der Waals surface area contributed by atoms with E-state index in [9.17, 15) is 9.18 Å². The van der Waals surface area contributed by atoms with E-state index in [1.165, 1.54) is 6.07 Å². The maximum atomic E-state index is 14.2. The number of nitrogens with two attached hydrogens (primary N) is 1. The van der Waals surface area contributed by atoms with Gasteiger partial charge in [-0.25, -0.2) is 9.37 Å². The molecular weight excluding hydrogens is 321 g/mol. The molecular formula is C18H20FN5O. The molecule has 6 nitrogen and oxygen atoms in total. The van der Waals surface area contributed by atoms with E-state index in [-0.39, 0.29) is 5.56 Å². The molecule has 0 atom stereocenters. The van der Waals surface area contributed by atoms with Crippen molar-refractivity contribution in [3.05, 3.63) is 47.9 Å². The number of hydrogen-bond donors (Lipinski definition) is 3. The van der Waals surface area contributed by atoms with Crippen LogP contribution in [-0.2, 0) is 0 Å². The van der Waals surface area contributed by atoms with Crippen LogP contribution in [0.3, 0.4) is 0 Å². The van der Waals surface area contributed by atoms with Gasteiger partial charge in [0.15, 0.2) is 0 Å². The fourth-order valence-corrected chi connectivity index (χ4v) is 2.76. The van der Waals surface area contributed by atoms with Gasteiger partial charge in [0.2, 0.25) is 0 Å². The first-order valence-electron chi connectivity index (χ1n) is 7.93. The number of carbonyl (C=O) groups excluding carboxylic acids is 1. The molecule has 130 valence electrons. The summed E-state index contributed by atoms with van der Waals surface area (Å²) in [6.45, 7) is 1.55. The summed E-state index contributed by atoms with van der Waals surface area (Å²) in [5, 5.41) is 4.05. The third-order valence-corrected chi connectivity index (χ3v) is 3.94. The lowest BCUT2D eigenvalue weighted by Crippen LogP contribution is -2.21. The number of hydrogen-bond acceptors (Lipinski definition) is 4. The third kappa shape index (κ3) is 3.46. The SMILES string of the molecule is CN(C)CCNc1cc(-c2cccc(F)c2C(N)=O)c2cc[nH]c2n1.